The maximum Gasteiger partial charge on any atom is 0.220 e. The Kier molecular flexibility index (Phi) is 6.51. The van der Waals surface area contributed by atoms with Crippen molar-refractivity contribution in [2.75, 3.05) is 13.2 Å². The molecule has 1 aliphatic heterocycles. The van der Waals surface area contributed by atoms with E-state index >= 15 is 0 Å². The molecule has 1 aromatic carbocycles. The second kappa shape index (κ2) is 9.26. The summed E-state index contributed by atoms with van der Waals surface area (Å²) in [5, 5.41) is 12.1. The van der Waals surface area contributed by atoms with E-state index in [4.69, 9.17) is 14.6 Å². The van der Waals surface area contributed by atoms with Gasteiger partial charge in [-0.25, -0.2) is 0 Å². The minimum absolute atomic E-state index is 0.00201. The monoisotopic (exact) mass is 357 g/mol. The van der Waals surface area contributed by atoms with Gasteiger partial charge >= 0.3 is 0 Å². The molecule has 2 atom stereocenters. The Morgan fingerprint density at radius 2 is 2.15 bits per heavy atom. The second-order valence-electron chi connectivity index (χ2n) is 6.19. The van der Waals surface area contributed by atoms with Crippen LogP contribution < -0.4 is 10.1 Å². The van der Waals surface area contributed by atoms with Crippen LogP contribution in [0, 0.1) is 0 Å². The van der Waals surface area contributed by atoms with Crippen LogP contribution in [0.25, 0.3) is 0 Å². The molecule has 0 saturated carbocycles. The number of hydrogen-bond donors (Lipinski definition) is 2. The first-order chi connectivity index (χ1) is 12.7. The number of carbonyl (C=O) groups is 1. The van der Waals surface area contributed by atoms with E-state index in [2.05, 4.69) is 15.3 Å². The molecule has 2 heterocycles. The van der Waals surface area contributed by atoms with E-state index in [0.29, 0.717) is 38.2 Å². The van der Waals surface area contributed by atoms with E-state index in [1.807, 2.05) is 24.3 Å². The lowest BCUT2D eigenvalue weighted by Gasteiger charge is -2.32. The maximum absolute atomic E-state index is 12.3. The average Bonchev–Trinajstić information content (AvgIpc) is 2.69. The number of aromatic nitrogens is 2. The fraction of sp³-hybridized carbons (Fsp3) is 0.421. The van der Waals surface area contributed by atoms with Crippen LogP contribution in [0.2, 0.25) is 0 Å². The second-order valence-corrected chi connectivity index (χ2v) is 6.19. The van der Waals surface area contributed by atoms with Crippen molar-refractivity contribution in [2.45, 2.75) is 38.0 Å². The number of hydrogen-bond acceptors (Lipinski definition) is 6. The van der Waals surface area contributed by atoms with E-state index < -0.39 is 0 Å². The Hall–Kier alpha value is -2.51. The summed E-state index contributed by atoms with van der Waals surface area (Å²) >= 11 is 0. The molecule has 1 saturated heterocycles. The standard InChI is InChI=1S/C19H23N3O4/c23-12-14-1-4-16(5-2-14)26-18-7-10-25-13-17(18)22-19(24)6-3-15-11-20-8-9-21-15/h1-2,4-5,8-9,11,17-18,23H,3,6-7,10,12-13H2,(H,22,24)/t17-,18-/m1/s1. The number of benzene rings is 1. The predicted molar refractivity (Wildman–Crippen MR) is 94.5 cm³/mol. The topological polar surface area (TPSA) is 93.6 Å². The van der Waals surface area contributed by atoms with Crippen molar-refractivity contribution < 1.29 is 19.4 Å². The third-order valence-corrected chi connectivity index (χ3v) is 4.26. The molecule has 2 N–H and O–H groups in total. The third kappa shape index (κ3) is 5.24. The van der Waals surface area contributed by atoms with Gasteiger partial charge < -0.3 is 19.9 Å². The normalized spacial score (nSPS) is 19.7. The highest BCUT2D eigenvalue weighted by atomic mass is 16.5. The zero-order valence-corrected chi connectivity index (χ0v) is 14.5. The first-order valence-electron chi connectivity index (χ1n) is 8.73. The van der Waals surface area contributed by atoms with Gasteiger partial charge in [-0.15, -0.1) is 0 Å². The molecule has 1 fully saturated rings. The van der Waals surface area contributed by atoms with E-state index in [0.717, 1.165) is 11.3 Å². The van der Waals surface area contributed by atoms with Gasteiger partial charge in [0.1, 0.15) is 11.9 Å². The highest BCUT2D eigenvalue weighted by molar-refractivity contribution is 5.76. The van der Waals surface area contributed by atoms with Crippen LogP contribution in [0.5, 0.6) is 5.75 Å². The lowest BCUT2D eigenvalue weighted by atomic mass is 10.1. The number of rotatable bonds is 7. The van der Waals surface area contributed by atoms with Crippen molar-refractivity contribution >= 4 is 5.91 Å². The molecule has 0 spiro atoms. The van der Waals surface area contributed by atoms with E-state index in [-0.39, 0.29) is 24.7 Å². The summed E-state index contributed by atoms with van der Waals surface area (Å²) in [5.41, 5.74) is 1.62. The van der Waals surface area contributed by atoms with Crippen molar-refractivity contribution in [1.29, 1.82) is 0 Å². The molecule has 7 heteroatoms. The quantitative estimate of drug-likeness (QED) is 0.775. The number of carbonyl (C=O) groups excluding carboxylic acids is 1. The summed E-state index contributed by atoms with van der Waals surface area (Å²) < 4.78 is 11.5. The molecule has 7 nitrogen and oxygen atoms in total. The van der Waals surface area contributed by atoms with Crippen LogP contribution in [0.4, 0.5) is 0 Å². The number of ether oxygens (including phenoxy) is 2. The van der Waals surface area contributed by atoms with Gasteiger partial charge in [0.05, 0.1) is 31.6 Å². The summed E-state index contributed by atoms with van der Waals surface area (Å²) in [6, 6.07) is 7.10. The van der Waals surface area contributed by atoms with Gasteiger partial charge in [-0.3, -0.25) is 14.8 Å². The SMILES string of the molecule is O=C(CCc1cnccn1)N[C@@H]1COCC[C@H]1Oc1ccc(CO)cc1. The molecule has 0 bridgehead atoms. The Labute approximate surface area is 152 Å². The van der Waals surface area contributed by atoms with Crippen LogP contribution in [0.15, 0.2) is 42.9 Å². The minimum atomic E-state index is -0.198. The Bertz CT molecular complexity index is 694. The fourth-order valence-corrected chi connectivity index (χ4v) is 2.82. The largest absolute Gasteiger partial charge is 0.488 e. The molecule has 1 amide bonds. The number of aryl methyl sites for hydroxylation is 1. The Morgan fingerprint density at radius 3 is 2.88 bits per heavy atom. The summed E-state index contributed by atoms with van der Waals surface area (Å²) in [7, 11) is 0. The lowest BCUT2D eigenvalue weighted by Crippen LogP contribution is -2.51. The molecular weight excluding hydrogens is 334 g/mol. The molecule has 1 aliphatic rings. The number of aliphatic hydroxyl groups excluding tert-OH is 1. The number of aliphatic hydroxyl groups is 1. The first kappa shape index (κ1) is 18.3. The molecule has 0 unspecified atom stereocenters. The number of amides is 1. The smallest absolute Gasteiger partial charge is 0.220 e. The van der Waals surface area contributed by atoms with Crippen molar-refractivity contribution in [3.8, 4) is 5.75 Å². The van der Waals surface area contributed by atoms with Crippen molar-refractivity contribution in [3.05, 3.63) is 54.1 Å². The van der Waals surface area contributed by atoms with Gasteiger partial charge in [0, 0.05) is 31.4 Å². The van der Waals surface area contributed by atoms with Crippen molar-refractivity contribution in [2.24, 2.45) is 0 Å². The van der Waals surface area contributed by atoms with Gasteiger partial charge in [0.15, 0.2) is 0 Å². The molecule has 138 valence electrons. The van der Waals surface area contributed by atoms with Gasteiger partial charge in [-0.05, 0) is 24.1 Å². The molecule has 26 heavy (non-hydrogen) atoms. The predicted octanol–water partition coefficient (Wildman–Crippen LogP) is 1.25. The van der Waals surface area contributed by atoms with E-state index in [9.17, 15) is 4.79 Å². The zero-order valence-electron chi connectivity index (χ0n) is 14.5. The molecular formula is C19H23N3O4. The van der Waals surface area contributed by atoms with Gasteiger partial charge in [0.2, 0.25) is 5.91 Å². The summed E-state index contributed by atoms with van der Waals surface area (Å²) in [6.45, 7) is 1.03. The minimum Gasteiger partial charge on any atom is -0.488 e. The fourth-order valence-electron chi connectivity index (χ4n) is 2.82. The van der Waals surface area contributed by atoms with Crippen LogP contribution in [-0.2, 0) is 22.6 Å². The van der Waals surface area contributed by atoms with Gasteiger partial charge in [0.25, 0.3) is 0 Å². The van der Waals surface area contributed by atoms with E-state index in [1.54, 1.807) is 18.6 Å². The van der Waals surface area contributed by atoms with Crippen molar-refractivity contribution in [1.82, 2.24) is 15.3 Å². The molecule has 1 aromatic heterocycles. The molecule has 2 aromatic rings. The van der Waals surface area contributed by atoms with Gasteiger partial charge in [-0.1, -0.05) is 12.1 Å². The third-order valence-electron chi connectivity index (χ3n) is 4.26. The highest BCUT2D eigenvalue weighted by Crippen LogP contribution is 2.19. The Morgan fingerprint density at radius 1 is 1.31 bits per heavy atom. The summed E-state index contributed by atoms with van der Waals surface area (Å²) in [5.74, 6) is 0.656. The lowest BCUT2D eigenvalue weighted by molar-refractivity contribution is -0.124. The van der Waals surface area contributed by atoms with E-state index in [1.165, 1.54) is 0 Å². The van der Waals surface area contributed by atoms with Crippen LogP contribution >= 0.6 is 0 Å². The van der Waals surface area contributed by atoms with Crippen LogP contribution in [-0.4, -0.2) is 46.3 Å². The molecule has 0 radical (unpaired) electrons. The average molecular weight is 357 g/mol. The number of nitrogens with one attached hydrogen (secondary N) is 1. The number of nitrogens with zero attached hydrogens (tertiary/aromatic N) is 2. The summed E-state index contributed by atoms with van der Waals surface area (Å²) in [6.07, 6.45) is 6.33. The Balaban J connectivity index is 1.53. The van der Waals surface area contributed by atoms with Crippen LogP contribution in [0.1, 0.15) is 24.1 Å². The van der Waals surface area contributed by atoms with Crippen LogP contribution in [0.3, 0.4) is 0 Å². The van der Waals surface area contributed by atoms with Gasteiger partial charge in [-0.2, -0.15) is 0 Å². The first-order valence-corrected chi connectivity index (χ1v) is 8.73. The van der Waals surface area contributed by atoms with Crippen molar-refractivity contribution in [3.63, 3.8) is 0 Å². The molecule has 3 rings (SSSR count). The highest BCUT2D eigenvalue weighted by Gasteiger charge is 2.28. The summed E-state index contributed by atoms with van der Waals surface area (Å²) in [4.78, 5) is 20.4. The zero-order chi connectivity index (χ0) is 18.2. The maximum atomic E-state index is 12.3. The molecule has 0 aliphatic carbocycles.